The van der Waals surface area contributed by atoms with Crippen molar-refractivity contribution in [1.82, 2.24) is 20.0 Å². The smallest absolute Gasteiger partial charge is 0.257 e. The minimum Gasteiger partial charge on any atom is -0.497 e. The number of nitrogens with zero attached hydrogens (tertiary/aromatic N) is 3. The zero-order chi connectivity index (χ0) is 19.9. The maximum Gasteiger partial charge on any atom is 0.257 e. The molecule has 154 valence electrons. The summed E-state index contributed by atoms with van der Waals surface area (Å²) < 4.78 is 10.6. The van der Waals surface area contributed by atoms with Crippen molar-refractivity contribution >= 4 is 11.8 Å². The molecule has 0 atom stereocenters. The minimum atomic E-state index is -0.0314. The highest BCUT2D eigenvalue weighted by Gasteiger charge is 2.25. The van der Waals surface area contributed by atoms with Crippen molar-refractivity contribution in [2.24, 2.45) is 0 Å². The molecule has 0 radical (unpaired) electrons. The van der Waals surface area contributed by atoms with Gasteiger partial charge in [0, 0.05) is 71.4 Å². The number of methoxy groups -OCH3 is 2. The molecule has 2 saturated heterocycles. The molecular weight excluding hydrogens is 360 g/mol. The Morgan fingerprint density at radius 2 is 1.68 bits per heavy atom. The zero-order valence-electron chi connectivity index (χ0n) is 16.8. The van der Waals surface area contributed by atoms with Crippen LogP contribution in [0, 0.1) is 0 Å². The number of rotatable bonds is 6. The molecule has 0 aromatic heterocycles. The molecular formula is C20H30N4O4. The minimum absolute atomic E-state index is 0.0314. The highest BCUT2D eigenvalue weighted by atomic mass is 16.5. The van der Waals surface area contributed by atoms with Crippen LogP contribution >= 0.6 is 0 Å². The SMILES string of the molecule is COc1ccc(C(=O)N2CCN(CCC(=O)N3CCNCC3)CC2)c(OC)c1. The number of carbonyl (C=O) groups is 2. The summed E-state index contributed by atoms with van der Waals surface area (Å²) in [5.74, 6) is 1.37. The lowest BCUT2D eigenvalue weighted by molar-refractivity contribution is -0.132. The van der Waals surface area contributed by atoms with E-state index in [-0.39, 0.29) is 11.8 Å². The molecule has 0 spiro atoms. The molecule has 2 heterocycles. The van der Waals surface area contributed by atoms with Crippen LogP contribution in [0.15, 0.2) is 18.2 Å². The van der Waals surface area contributed by atoms with Crippen LogP contribution in [-0.2, 0) is 4.79 Å². The number of ether oxygens (including phenoxy) is 2. The maximum absolute atomic E-state index is 12.9. The van der Waals surface area contributed by atoms with E-state index in [9.17, 15) is 9.59 Å². The normalized spacial score (nSPS) is 18.1. The lowest BCUT2D eigenvalue weighted by Gasteiger charge is -2.35. The standard InChI is InChI=1S/C20H30N4O4/c1-27-16-3-4-17(18(15-16)28-2)20(26)24-13-11-22(12-14-24)8-5-19(25)23-9-6-21-7-10-23/h3-4,15,21H,5-14H2,1-2H3. The van der Waals surface area contributed by atoms with Crippen LogP contribution in [-0.4, -0.2) is 99.6 Å². The first-order valence-electron chi connectivity index (χ1n) is 9.84. The Morgan fingerprint density at radius 1 is 0.964 bits per heavy atom. The molecule has 8 heteroatoms. The zero-order valence-corrected chi connectivity index (χ0v) is 16.8. The summed E-state index contributed by atoms with van der Waals surface area (Å²) in [7, 11) is 3.14. The van der Waals surface area contributed by atoms with E-state index in [0.717, 1.165) is 45.8 Å². The van der Waals surface area contributed by atoms with Crippen LogP contribution in [0.25, 0.3) is 0 Å². The second-order valence-electron chi connectivity index (χ2n) is 7.08. The molecule has 28 heavy (non-hydrogen) atoms. The van der Waals surface area contributed by atoms with Gasteiger partial charge in [-0.15, -0.1) is 0 Å². The third-order valence-corrected chi connectivity index (χ3v) is 5.41. The molecule has 0 aliphatic carbocycles. The summed E-state index contributed by atoms with van der Waals surface area (Å²) in [6.07, 6.45) is 0.542. The number of hydrogen-bond donors (Lipinski definition) is 1. The monoisotopic (exact) mass is 390 g/mol. The summed E-state index contributed by atoms with van der Waals surface area (Å²) in [6.45, 7) is 6.94. The molecule has 8 nitrogen and oxygen atoms in total. The van der Waals surface area contributed by atoms with Crippen LogP contribution in [0.2, 0.25) is 0 Å². The summed E-state index contributed by atoms with van der Waals surface area (Å²) in [5.41, 5.74) is 0.547. The van der Waals surface area contributed by atoms with Gasteiger partial charge < -0.3 is 24.6 Å². The largest absolute Gasteiger partial charge is 0.497 e. The lowest BCUT2D eigenvalue weighted by atomic mass is 10.1. The summed E-state index contributed by atoms with van der Waals surface area (Å²) in [5, 5.41) is 3.26. The molecule has 2 aliphatic heterocycles. The molecule has 0 unspecified atom stereocenters. The molecule has 0 bridgehead atoms. The van der Waals surface area contributed by atoms with Gasteiger partial charge >= 0.3 is 0 Å². The molecule has 1 aromatic rings. The molecule has 1 aromatic carbocycles. The van der Waals surface area contributed by atoms with Gasteiger partial charge in [0.25, 0.3) is 5.91 Å². The van der Waals surface area contributed by atoms with Crippen molar-refractivity contribution in [3.63, 3.8) is 0 Å². The van der Waals surface area contributed by atoms with E-state index in [0.29, 0.717) is 36.6 Å². The topological polar surface area (TPSA) is 74.4 Å². The lowest BCUT2D eigenvalue weighted by Crippen LogP contribution is -2.50. The maximum atomic E-state index is 12.9. The number of amides is 2. The number of piperazine rings is 2. The van der Waals surface area contributed by atoms with Gasteiger partial charge in [-0.2, -0.15) is 0 Å². The van der Waals surface area contributed by atoms with Crippen LogP contribution < -0.4 is 14.8 Å². The molecule has 2 amide bonds. The van der Waals surface area contributed by atoms with E-state index in [1.54, 1.807) is 32.4 Å². The van der Waals surface area contributed by atoms with Crippen molar-refractivity contribution in [3.05, 3.63) is 23.8 Å². The van der Waals surface area contributed by atoms with E-state index < -0.39 is 0 Å². The van der Waals surface area contributed by atoms with Crippen LogP contribution in [0.5, 0.6) is 11.5 Å². The van der Waals surface area contributed by atoms with E-state index >= 15 is 0 Å². The number of carbonyl (C=O) groups excluding carboxylic acids is 2. The van der Waals surface area contributed by atoms with Crippen LogP contribution in [0.4, 0.5) is 0 Å². The Morgan fingerprint density at radius 3 is 2.32 bits per heavy atom. The van der Waals surface area contributed by atoms with E-state index in [4.69, 9.17) is 9.47 Å². The van der Waals surface area contributed by atoms with Crippen LogP contribution in [0.3, 0.4) is 0 Å². The predicted molar refractivity (Wildman–Crippen MR) is 106 cm³/mol. The first-order chi connectivity index (χ1) is 13.6. The first kappa shape index (κ1) is 20.4. The van der Waals surface area contributed by atoms with Crippen LogP contribution in [0.1, 0.15) is 16.8 Å². The summed E-state index contributed by atoms with van der Waals surface area (Å²) in [4.78, 5) is 31.2. The second kappa shape index (κ2) is 9.75. The second-order valence-corrected chi connectivity index (χ2v) is 7.08. The van der Waals surface area contributed by atoms with Crippen molar-refractivity contribution < 1.29 is 19.1 Å². The highest BCUT2D eigenvalue weighted by Crippen LogP contribution is 2.26. The fourth-order valence-corrected chi connectivity index (χ4v) is 3.65. The van der Waals surface area contributed by atoms with Gasteiger partial charge in [-0.25, -0.2) is 0 Å². The molecule has 2 fully saturated rings. The Labute approximate surface area is 166 Å². The Bertz CT molecular complexity index is 683. The predicted octanol–water partition coefficient (Wildman–Crippen LogP) is 0.284. The van der Waals surface area contributed by atoms with Crippen molar-refractivity contribution in [2.75, 3.05) is 73.1 Å². The van der Waals surface area contributed by atoms with Gasteiger partial charge in [0.15, 0.2) is 0 Å². The Hall–Kier alpha value is -2.32. The Kier molecular flexibility index (Phi) is 7.11. The fourth-order valence-electron chi connectivity index (χ4n) is 3.65. The third kappa shape index (κ3) is 4.94. The van der Waals surface area contributed by atoms with Gasteiger partial charge in [0.2, 0.25) is 5.91 Å². The van der Waals surface area contributed by atoms with Gasteiger partial charge in [-0.3, -0.25) is 14.5 Å². The average molecular weight is 390 g/mol. The van der Waals surface area contributed by atoms with Gasteiger partial charge in [-0.1, -0.05) is 0 Å². The van der Waals surface area contributed by atoms with Gasteiger partial charge in [-0.05, 0) is 12.1 Å². The van der Waals surface area contributed by atoms with E-state index in [1.165, 1.54) is 0 Å². The first-order valence-corrected chi connectivity index (χ1v) is 9.84. The quantitative estimate of drug-likeness (QED) is 0.752. The molecule has 2 aliphatic rings. The number of nitrogens with one attached hydrogen (secondary N) is 1. The number of hydrogen-bond acceptors (Lipinski definition) is 6. The van der Waals surface area contributed by atoms with Crippen molar-refractivity contribution in [3.8, 4) is 11.5 Å². The highest BCUT2D eigenvalue weighted by molar-refractivity contribution is 5.97. The molecule has 1 N–H and O–H groups in total. The van der Waals surface area contributed by atoms with Crippen molar-refractivity contribution in [1.29, 1.82) is 0 Å². The summed E-state index contributed by atoms with van der Waals surface area (Å²) in [6, 6.07) is 5.25. The number of benzene rings is 1. The average Bonchev–Trinajstić information content (AvgIpc) is 2.77. The molecule has 0 saturated carbocycles. The summed E-state index contributed by atoms with van der Waals surface area (Å²) >= 11 is 0. The van der Waals surface area contributed by atoms with Gasteiger partial charge in [0.1, 0.15) is 11.5 Å². The Balaban J connectivity index is 1.48. The van der Waals surface area contributed by atoms with Crippen molar-refractivity contribution in [2.45, 2.75) is 6.42 Å². The van der Waals surface area contributed by atoms with E-state index in [1.807, 2.05) is 9.80 Å². The fraction of sp³-hybridized carbons (Fsp3) is 0.600. The van der Waals surface area contributed by atoms with Gasteiger partial charge in [0.05, 0.1) is 19.8 Å². The molecule has 3 rings (SSSR count). The third-order valence-electron chi connectivity index (χ3n) is 5.41. The van der Waals surface area contributed by atoms with E-state index in [2.05, 4.69) is 10.2 Å².